The Morgan fingerprint density at radius 2 is 2.11 bits per heavy atom. The number of urea groups is 1. The summed E-state index contributed by atoms with van der Waals surface area (Å²) in [5.74, 6) is 0.647. The topological polar surface area (TPSA) is 58.6 Å². The summed E-state index contributed by atoms with van der Waals surface area (Å²) in [5.41, 5.74) is 1.91. The monoisotopic (exact) mass is 262 g/mol. The Labute approximate surface area is 112 Å². The Morgan fingerprint density at radius 3 is 2.63 bits per heavy atom. The number of carbonyl (C=O) groups excluding carboxylic acids is 2. The van der Waals surface area contributed by atoms with Crippen LogP contribution in [0.1, 0.15) is 25.0 Å². The van der Waals surface area contributed by atoms with Gasteiger partial charge < -0.3 is 10.1 Å². The molecular formula is C14H18N2O3. The molecule has 1 atom stereocenters. The molecule has 0 spiro atoms. The average molecular weight is 262 g/mol. The molecule has 1 fully saturated rings. The number of benzene rings is 1. The van der Waals surface area contributed by atoms with Crippen LogP contribution in [0.3, 0.4) is 0 Å². The van der Waals surface area contributed by atoms with Crippen molar-refractivity contribution in [3.63, 3.8) is 0 Å². The van der Waals surface area contributed by atoms with Crippen molar-refractivity contribution < 1.29 is 14.3 Å². The minimum absolute atomic E-state index is 0.184. The van der Waals surface area contributed by atoms with E-state index in [1.807, 2.05) is 32.0 Å². The molecule has 3 amide bonds. The molecule has 0 aliphatic carbocycles. The number of carbonyl (C=O) groups is 2. The lowest BCUT2D eigenvalue weighted by molar-refractivity contribution is -0.127. The van der Waals surface area contributed by atoms with Crippen LogP contribution < -0.4 is 10.1 Å². The highest BCUT2D eigenvalue weighted by atomic mass is 16.5. The van der Waals surface area contributed by atoms with E-state index in [9.17, 15) is 9.59 Å². The van der Waals surface area contributed by atoms with Crippen LogP contribution >= 0.6 is 0 Å². The minimum Gasteiger partial charge on any atom is -0.494 e. The summed E-state index contributed by atoms with van der Waals surface area (Å²) in [4.78, 5) is 24.7. The van der Waals surface area contributed by atoms with E-state index in [4.69, 9.17) is 4.74 Å². The Morgan fingerprint density at radius 1 is 1.37 bits per heavy atom. The highest BCUT2D eigenvalue weighted by molar-refractivity contribution is 6.03. The number of hydrogen-bond acceptors (Lipinski definition) is 3. The average Bonchev–Trinajstić information content (AvgIpc) is 2.60. The minimum atomic E-state index is -0.434. The third-order valence-corrected chi connectivity index (χ3v) is 3.10. The molecule has 0 radical (unpaired) electrons. The van der Waals surface area contributed by atoms with Gasteiger partial charge >= 0.3 is 6.03 Å². The van der Waals surface area contributed by atoms with Crippen LogP contribution in [0.4, 0.5) is 4.79 Å². The van der Waals surface area contributed by atoms with E-state index >= 15 is 0 Å². The fraction of sp³-hybridized carbons (Fsp3) is 0.429. The molecule has 5 nitrogen and oxygen atoms in total. The van der Waals surface area contributed by atoms with Crippen LogP contribution in [0, 0.1) is 6.92 Å². The Hall–Kier alpha value is -2.04. The molecule has 0 unspecified atom stereocenters. The molecule has 5 heteroatoms. The van der Waals surface area contributed by atoms with Crippen molar-refractivity contribution in [2.24, 2.45) is 0 Å². The van der Waals surface area contributed by atoms with E-state index in [0.717, 1.165) is 16.9 Å². The van der Waals surface area contributed by atoms with Gasteiger partial charge in [0.1, 0.15) is 11.8 Å². The van der Waals surface area contributed by atoms with Gasteiger partial charge in [0.2, 0.25) is 0 Å². The van der Waals surface area contributed by atoms with Crippen molar-refractivity contribution in [2.75, 3.05) is 6.61 Å². The molecule has 1 N–H and O–H groups in total. The van der Waals surface area contributed by atoms with Crippen LogP contribution in [-0.4, -0.2) is 29.5 Å². The van der Waals surface area contributed by atoms with Gasteiger partial charge in [0.05, 0.1) is 13.2 Å². The lowest BCUT2D eigenvalue weighted by atomic mass is 10.1. The number of ether oxygens (including phenoxy) is 1. The molecule has 0 aromatic heterocycles. The number of imide groups is 1. The number of nitrogens with zero attached hydrogens (tertiary/aromatic N) is 1. The fourth-order valence-corrected chi connectivity index (χ4v) is 2.12. The zero-order chi connectivity index (χ0) is 14.0. The van der Waals surface area contributed by atoms with E-state index in [-0.39, 0.29) is 11.9 Å². The zero-order valence-electron chi connectivity index (χ0n) is 11.4. The first-order valence-corrected chi connectivity index (χ1v) is 6.37. The Kier molecular flexibility index (Phi) is 3.74. The largest absolute Gasteiger partial charge is 0.494 e. The predicted octanol–water partition coefficient (Wildman–Crippen LogP) is 1.83. The van der Waals surface area contributed by atoms with Gasteiger partial charge in [-0.1, -0.05) is 12.1 Å². The summed E-state index contributed by atoms with van der Waals surface area (Å²) in [6.45, 7) is 6.47. The summed E-state index contributed by atoms with van der Waals surface area (Å²) in [6.07, 6.45) is 0. The van der Waals surface area contributed by atoms with Gasteiger partial charge in [0.25, 0.3) is 5.91 Å². The third-order valence-electron chi connectivity index (χ3n) is 3.10. The Bertz CT molecular complexity index is 513. The molecule has 1 aliphatic rings. The maximum absolute atomic E-state index is 11.8. The van der Waals surface area contributed by atoms with Crippen molar-refractivity contribution >= 4 is 11.9 Å². The number of amides is 3. The summed E-state index contributed by atoms with van der Waals surface area (Å²) in [6, 6.07) is 4.92. The van der Waals surface area contributed by atoms with Crippen LogP contribution in [0.15, 0.2) is 18.2 Å². The summed E-state index contributed by atoms with van der Waals surface area (Å²) >= 11 is 0. The lowest BCUT2D eigenvalue weighted by Crippen LogP contribution is -2.30. The van der Waals surface area contributed by atoms with E-state index in [2.05, 4.69) is 5.32 Å². The second-order valence-corrected chi connectivity index (χ2v) is 4.63. The van der Waals surface area contributed by atoms with Crippen molar-refractivity contribution in [3.05, 3.63) is 29.3 Å². The van der Waals surface area contributed by atoms with Crippen molar-refractivity contribution in [1.29, 1.82) is 0 Å². The number of rotatable bonds is 4. The lowest BCUT2D eigenvalue weighted by Gasteiger charge is -2.14. The van der Waals surface area contributed by atoms with Gasteiger partial charge in [0, 0.05) is 0 Å². The molecule has 0 bridgehead atoms. The molecular weight excluding hydrogens is 244 g/mol. The summed E-state index contributed by atoms with van der Waals surface area (Å²) in [5, 5.41) is 2.60. The molecule has 1 heterocycles. The normalized spacial score (nSPS) is 18.7. The molecule has 102 valence electrons. The standard InChI is InChI=1S/C14H18N2O3/c1-4-19-12-6-5-11(7-9(12)2)8-16-13(17)10(3)15-14(16)18/h5-7,10H,4,8H2,1-3H3,(H,15,18)/t10-/m0/s1. The van der Waals surface area contributed by atoms with Crippen LogP contribution in [0.5, 0.6) is 5.75 Å². The van der Waals surface area contributed by atoms with Crippen molar-refractivity contribution in [3.8, 4) is 5.75 Å². The third kappa shape index (κ3) is 2.70. The first kappa shape index (κ1) is 13.4. The first-order valence-electron chi connectivity index (χ1n) is 6.37. The molecule has 1 aliphatic heterocycles. The van der Waals surface area contributed by atoms with E-state index < -0.39 is 6.04 Å². The quantitative estimate of drug-likeness (QED) is 0.842. The van der Waals surface area contributed by atoms with Crippen LogP contribution in [-0.2, 0) is 11.3 Å². The molecule has 1 aromatic rings. The van der Waals surface area contributed by atoms with E-state index in [1.54, 1.807) is 6.92 Å². The van der Waals surface area contributed by atoms with Gasteiger partial charge in [-0.15, -0.1) is 0 Å². The van der Waals surface area contributed by atoms with Gasteiger partial charge in [-0.05, 0) is 38.0 Å². The molecule has 1 aromatic carbocycles. The predicted molar refractivity (Wildman–Crippen MR) is 70.9 cm³/mol. The fourth-order valence-electron chi connectivity index (χ4n) is 2.12. The summed E-state index contributed by atoms with van der Waals surface area (Å²) < 4.78 is 5.46. The van der Waals surface area contributed by atoms with E-state index in [1.165, 1.54) is 4.90 Å². The number of hydrogen-bond donors (Lipinski definition) is 1. The number of nitrogens with one attached hydrogen (secondary N) is 1. The molecule has 19 heavy (non-hydrogen) atoms. The van der Waals surface area contributed by atoms with Gasteiger partial charge in [-0.3, -0.25) is 9.69 Å². The highest BCUT2D eigenvalue weighted by Gasteiger charge is 2.34. The zero-order valence-corrected chi connectivity index (χ0v) is 11.4. The second-order valence-electron chi connectivity index (χ2n) is 4.63. The molecule has 2 rings (SSSR count). The van der Waals surface area contributed by atoms with Crippen molar-refractivity contribution in [1.82, 2.24) is 10.2 Å². The van der Waals surface area contributed by atoms with Gasteiger partial charge in [0.15, 0.2) is 0 Å². The van der Waals surface area contributed by atoms with Crippen LogP contribution in [0.25, 0.3) is 0 Å². The maximum atomic E-state index is 11.8. The SMILES string of the molecule is CCOc1ccc(CN2C(=O)N[C@@H](C)C2=O)cc1C. The maximum Gasteiger partial charge on any atom is 0.325 e. The molecule has 0 saturated carbocycles. The highest BCUT2D eigenvalue weighted by Crippen LogP contribution is 2.21. The second kappa shape index (κ2) is 5.30. The molecule has 1 saturated heterocycles. The van der Waals surface area contributed by atoms with Crippen molar-refractivity contribution in [2.45, 2.75) is 33.4 Å². The van der Waals surface area contributed by atoms with Crippen LogP contribution in [0.2, 0.25) is 0 Å². The van der Waals surface area contributed by atoms with E-state index in [0.29, 0.717) is 13.2 Å². The smallest absolute Gasteiger partial charge is 0.325 e. The first-order chi connectivity index (χ1) is 9.02. The Balaban J connectivity index is 2.14. The number of aryl methyl sites for hydroxylation is 1. The van der Waals surface area contributed by atoms with Gasteiger partial charge in [-0.25, -0.2) is 4.79 Å². The van der Waals surface area contributed by atoms with Gasteiger partial charge in [-0.2, -0.15) is 0 Å². The summed E-state index contributed by atoms with van der Waals surface area (Å²) in [7, 11) is 0.